The number of nitrogens with one attached hydrogen (secondary N) is 1. The summed E-state index contributed by atoms with van der Waals surface area (Å²) >= 11 is 0. The van der Waals surface area contributed by atoms with Gasteiger partial charge < -0.3 is 10.1 Å². The minimum Gasteiger partial charge on any atom is -0.481 e. The van der Waals surface area contributed by atoms with Crippen LogP contribution in [0.3, 0.4) is 0 Å². The lowest BCUT2D eigenvalue weighted by Crippen LogP contribution is -2.30. The summed E-state index contributed by atoms with van der Waals surface area (Å²) in [5, 5.41) is 2.45. The summed E-state index contributed by atoms with van der Waals surface area (Å²) in [4.78, 5) is 12.1. The third-order valence-corrected chi connectivity index (χ3v) is 4.72. The summed E-state index contributed by atoms with van der Waals surface area (Å²) in [6, 6.07) is 12.1. The third kappa shape index (κ3) is 4.93. The van der Waals surface area contributed by atoms with Crippen molar-refractivity contribution >= 4 is 27.3 Å². The molecule has 6 nitrogen and oxygen atoms in total. The van der Waals surface area contributed by atoms with Gasteiger partial charge in [0, 0.05) is 7.05 Å². The summed E-state index contributed by atoms with van der Waals surface area (Å²) in [7, 11) is -1.91. The number of rotatable bonds is 6. The number of ether oxygens (including phenoxy) is 1. The maximum absolute atomic E-state index is 13.5. The van der Waals surface area contributed by atoms with Gasteiger partial charge in [-0.15, -0.1) is 0 Å². The molecule has 1 atom stereocenters. The molecule has 0 unspecified atom stereocenters. The second kappa shape index (κ2) is 7.52. The Kier molecular flexibility index (Phi) is 5.63. The number of amides is 1. The molecule has 0 aromatic heterocycles. The molecule has 2 aromatic carbocycles. The Morgan fingerprint density at radius 3 is 2.32 bits per heavy atom. The van der Waals surface area contributed by atoms with Crippen LogP contribution in [0, 0.1) is 5.82 Å². The molecule has 0 saturated carbocycles. The van der Waals surface area contributed by atoms with Crippen LogP contribution < -0.4 is 14.4 Å². The minimum absolute atomic E-state index is 0.0769. The standard InChI is InChI=1S/C17H19FN2O4S/c1-12(17(21)19-16-7-5-4-6-15(16)18)24-14-10-8-13(9-11-14)20(2)25(3,22)23/h4-12H,1-3H3,(H,19,21)/t12-/m1/s1. The van der Waals surface area contributed by atoms with Crippen molar-refractivity contribution in [1.29, 1.82) is 0 Å². The van der Waals surface area contributed by atoms with Crippen LogP contribution in [-0.4, -0.2) is 33.7 Å². The van der Waals surface area contributed by atoms with Crippen molar-refractivity contribution in [3.8, 4) is 5.75 Å². The van der Waals surface area contributed by atoms with Gasteiger partial charge in [0.1, 0.15) is 11.6 Å². The Bertz CT molecular complexity index is 853. The first kappa shape index (κ1) is 18.7. The van der Waals surface area contributed by atoms with Crippen molar-refractivity contribution in [1.82, 2.24) is 0 Å². The molecule has 2 rings (SSSR count). The van der Waals surface area contributed by atoms with E-state index in [0.717, 1.165) is 10.6 Å². The topological polar surface area (TPSA) is 75.7 Å². The van der Waals surface area contributed by atoms with E-state index in [1.165, 1.54) is 32.2 Å². The van der Waals surface area contributed by atoms with Crippen molar-refractivity contribution in [3.63, 3.8) is 0 Å². The highest BCUT2D eigenvalue weighted by molar-refractivity contribution is 7.92. The molecule has 0 bridgehead atoms. The van der Waals surface area contributed by atoms with Gasteiger partial charge in [0.15, 0.2) is 6.10 Å². The van der Waals surface area contributed by atoms with Gasteiger partial charge in [0.2, 0.25) is 10.0 Å². The predicted molar refractivity (Wildman–Crippen MR) is 94.8 cm³/mol. The summed E-state index contributed by atoms with van der Waals surface area (Å²) in [6.07, 6.45) is 0.241. The molecule has 8 heteroatoms. The first-order valence-corrected chi connectivity index (χ1v) is 9.29. The number of carbonyl (C=O) groups is 1. The number of nitrogens with zero attached hydrogens (tertiary/aromatic N) is 1. The SMILES string of the molecule is C[C@@H](Oc1ccc(N(C)S(C)(=O)=O)cc1)C(=O)Nc1ccccc1F. The fraction of sp³-hybridized carbons (Fsp3) is 0.235. The Hall–Kier alpha value is -2.61. The number of halogens is 1. The molecule has 0 fully saturated rings. The van der Waals surface area contributed by atoms with E-state index in [-0.39, 0.29) is 5.69 Å². The molecule has 0 radical (unpaired) electrons. The van der Waals surface area contributed by atoms with Crippen LogP contribution in [0.4, 0.5) is 15.8 Å². The van der Waals surface area contributed by atoms with Gasteiger partial charge in [-0.05, 0) is 43.3 Å². The highest BCUT2D eigenvalue weighted by Crippen LogP contribution is 2.21. The summed E-state index contributed by atoms with van der Waals surface area (Å²) in [5.41, 5.74) is 0.548. The lowest BCUT2D eigenvalue weighted by Gasteiger charge is -2.18. The molecule has 134 valence electrons. The van der Waals surface area contributed by atoms with E-state index in [0.29, 0.717) is 11.4 Å². The molecule has 0 aliphatic carbocycles. The van der Waals surface area contributed by atoms with Crippen LogP contribution in [-0.2, 0) is 14.8 Å². The number of hydrogen-bond acceptors (Lipinski definition) is 4. The fourth-order valence-corrected chi connectivity index (χ4v) is 2.49. The first-order valence-electron chi connectivity index (χ1n) is 7.44. The number of anilines is 2. The molecule has 0 aliphatic heterocycles. The minimum atomic E-state index is -3.35. The first-order chi connectivity index (χ1) is 11.7. The van der Waals surface area contributed by atoms with Gasteiger partial charge in [0.05, 0.1) is 17.6 Å². The molecule has 0 aliphatic rings. The summed E-state index contributed by atoms with van der Waals surface area (Å²) in [6.45, 7) is 1.53. The van der Waals surface area contributed by atoms with Gasteiger partial charge in [-0.2, -0.15) is 0 Å². The van der Waals surface area contributed by atoms with Gasteiger partial charge in [0.25, 0.3) is 5.91 Å². The number of para-hydroxylation sites is 1. The number of benzene rings is 2. The maximum atomic E-state index is 13.5. The van der Waals surface area contributed by atoms with E-state index < -0.39 is 27.9 Å². The van der Waals surface area contributed by atoms with Gasteiger partial charge >= 0.3 is 0 Å². The zero-order chi connectivity index (χ0) is 18.6. The Morgan fingerprint density at radius 1 is 1.16 bits per heavy atom. The molecular formula is C17H19FN2O4S. The molecular weight excluding hydrogens is 347 g/mol. The van der Waals surface area contributed by atoms with Gasteiger partial charge in [-0.3, -0.25) is 9.10 Å². The third-order valence-electron chi connectivity index (χ3n) is 3.51. The highest BCUT2D eigenvalue weighted by atomic mass is 32.2. The molecule has 0 saturated heterocycles. The van der Waals surface area contributed by atoms with Crippen molar-refractivity contribution in [3.05, 3.63) is 54.3 Å². The van der Waals surface area contributed by atoms with E-state index in [4.69, 9.17) is 4.74 Å². The van der Waals surface area contributed by atoms with Crippen molar-refractivity contribution in [2.75, 3.05) is 22.9 Å². The zero-order valence-corrected chi connectivity index (χ0v) is 14.9. The molecule has 1 amide bonds. The molecule has 0 heterocycles. The number of hydrogen-bond donors (Lipinski definition) is 1. The maximum Gasteiger partial charge on any atom is 0.265 e. The Balaban J connectivity index is 2.02. The van der Waals surface area contributed by atoms with Crippen LogP contribution in [0.1, 0.15) is 6.92 Å². The summed E-state index contributed by atoms with van der Waals surface area (Å²) < 4.78 is 43.2. The normalized spacial score (nSPS) is 12.3. The van der Waals surface area contributed by atoms with E-state index in [9.17, 15) is 17.6 Å². The van der Waals surface area contributed by atoms with Gasteiger partial charge in [-0.25, -0.2) is 12.8 Å². The summed E-state index contributed by atoms with van der Waals surface area (Å²) in [5.74, 6) is -0.638. The lowest BCUT2D eigenvalue weighted by atomic mass is 10.2. The van der Waals surface area contributed by atoms with E-state index in [1.54, 1.807) is 30.3 Å². The smallest absolute Gasteiger partial charge is 0.265 e. The van der Waals surface area contributed by atoms with E-state index in [1.807, 2.05) is 0 Å². The highest BCUT2D eigenvalue weighted by Gasteiger charge is 2.17. The van der Waals surface area contributed by atoms with Gasteiger partial charge in [-0.1, -0.05) is 12.1 Å². The second-order valence-electron chi connectivity index (χ2n) is 5.45. The van der Waals surface area contributed by atoms with Crippen LogP contribution in [0.5, 0.6) is 5.75 Å². The predicted octanol–water partition coefficient (Wildman–Crippen LogP) is 2.63. The van der Waals surface area contributed by atoms with Crippen molar-refractivity contribution in [2.45, 2.75) is 13.0 Å². The largest absolute Gasteiger partial charge is 0.481 e. The lowest BCUT2D eigenvalue weighted by molar-refractivity contribution is -0.122. The van der Waals surface area contributed by atoms with Crippen LogP contribution >= 0.6 is 0 Å². The van der Waals surface area contributed by atoms with Crippen LogP contribution in [0.2, 0.25) is 0 Å². The van der Waals surface area contributed by atoms with Crippen LogP contribution in [0.15, 0.2) is 48.5 Å². The fourth-order valence-electron chi connectivity index (χ4n) is 1.98. The Morgan fingerprint density at radius 2 is 1.76 bits per heavy atom. The van der Waals surface area contributed by atoms with Crippen LogP contribution in [0.25, 0.3) is 0 Å². The number of sulfonamides is 1. The molecule has 2 aromatic rings. The average Bonchev–Trinajstić information content (AvgIpc) is 2.56. The Labute approximate surface area is 146 Å². The monoisotopic (exact) mass is 366 g/mol. The quantitative estimate of drug-likeness (QED) is 0.853. The number of carbonyl (C=O) groups excluding carboxylic acids is 1. The second-order valence-corrected chi connectivity index (χ2v) is 7.47. The van der Waals surface area contributed by atoms with Crippen molar-refractivity contribution in [2.24, 2.45) is 0 Å². The van der Waals surface area contributed by atoms with E-state index in [2.05, 4.69) is 5.32 Å². The van der Waals surface area contributed by atoms with E-state index >= 15 is 0 Å². The zero-order valence-electron chi connectivity index (χ0n) is 14.1. The molecule has 1 N–H and O–H groups in total. The molecule has 25 heavy (non-hydrogen) atoms. The average molecular weight is 366 g/mol. The van der Waals surface area contributed by atoms with Crippen molar-refractivity contribution < 1.29 is 22.3 Å². The molecule has 0 spiro atoms.